The van der Waals surface area contributed by atoms with Gasteiger partial charge in [-0.05, 0) is 18.9 Å². The largest absolute Gasteiger partial charge is 0.323 e. The first kappa shape index (κ1) is 13.3. The Balaban J connectivity index is 1.95. The molecule has 1 spiro atoms. The zero-order valence-corrected chi connectivity index (χ0v) is 12.4. The number of hydrogen-bond acceptors (Lipinski definition) is 2. The molecule has 2 aliphatic rings. The minimum absolute atomic E-state index is 0.0448. The molecule has 1 aliphatic heterocycles. The van der Waals surface area contributed by atoms with Crippen molar-refractivity contribution in [2.24, 2.45) is 4.99 Å². The highest BCUT2D eigenvalue weighted by Crippen LogP contribution is 2.38. The van der Waals surface area contributed by atoms with Gasteiger partial charge in [0.1, 0.15) is 5.54 Å². The molecule has 2 aromatic carbocycles. The van der Waals surface area contributed by atoms with E-state index in [0.717, 1.165) is 48.2 Å². The van der Waals surface area contributed by atoms with Crippen molar-refractivity contribution in [1.29, 1.82) is 0 Å². The summed E-state index contributed by atoms with van der Waals surface area (Å²) in [4.78, 5) is 17.8. The normalized spacial score (nSPS) is 19.3. The number of aliphatic imine (C=N–C) groups is 1. The average molecular weight is 290 g/mol. The van der Waals surface area contributed by atoms with Crippen LogP contribution < -0.4 is 5.32 Å². The van der Waals surface area contributed by atoms with E-state index in [1.165, 1.54) is 0 Å². The molecule has 2 aromatic rings. The van der Waals surface area contributed by atoms with Gasteiger partial charge in [0.2, 0.25) is 0 Å². The number of nitrogens with one attached hydrogen (secondary N) is 1. The van der Waals surface area contributed by atoms with Crippen LogP contribution in [0.3, 0.4) is 0 Å². The molecule has 0 saturated heterocycles. The minimum Gasteiger partial charge on any atom is -0.323 e. The Bertz CT molecular complexity index is 743. The van der Waals surface area contributed by atoms with Gasteiger partial charge in [-0.15, -0.1) is 0 Å². The molecule has 4 rings (SSSR count). The summed E-state index contributed by atoms with van der Waals surface area (Å²) in [6, 6.07) is 18.1. The van der Waals surface area contributed by atoms with Crippen LogP contribution >= 0.6 is 0 Å². The number of benzene rings is 2. The molecule has 3 heteroatoms. The molecule has 0 unspecified atom stereocenters. The third-order valence-corrected chi connectivity index (χ3v) is 4.66. The summed E-state index contributed by atoms with van der Waals surface area (Å²) in [5.74, 6) is 0.0448. The van der Waals surface area contributed by atoms with Gasteiger partial charge >= 0.3 is 0 Å². The highest BCUT2D eigenvalue weighted by molar-refractivity contribution is 6.20. The van der Waals surface area contributed by atoms with Gasteiger partial charge in [0.25, 0.3) is 5.91 Å². The Kier molecular flexibility index (Phi) is 3.07. The van der Waals surface area contributed by atoms with Gasteiger partial charge in [-0.25, -0.2) is 0 Å². The van der Waals surface area contributed by atoms with Gasteiger partial charge in [-0.3, -0.25) is 9.79 Å². The average Bonchev–Trinajstić information content (AvgIpc) is 2.99. The van der Waals surface area contributed by atoms with Gasteiger partial charge < -0.3 is 5.32 Å². The summed E-state index contributed by atoms with van der Waals surface area (Å²) in [6.07, 6.45) is 3.80. The van der Waals surface area contributed by atoms with Crippen LogP contribution in [0.25, 0.3) is 0 Å². The first-order valence-corrected chi connectivity index (χ1v) is 7.85. The maximum atomic E-state index is 12.8. The quantitative estimate of drug-likeness (QED) is 0.853. The van der Waals surface area contributed by atoms with Crippen molar-refractivity contribution in [3.63, 3.8) is 0 Å². The summed E-state index contributed by atoms with van der Waals surface area (Å²) in [5, 5.41) is 3.10. The standard InChI is InChI=1S/C19H18N2O/c22-18-19(12-6-7-13-19)21-17(14-8-2-1-3-9-14)15-10-4-5-11-16(15)20-18/h1-5,8-11H,6-7,12-13H2,(H,20,22). The molecule has 0 aromatic heterocycles. The van der Waals surface area contributed by atoms with Crippen molar-refractivity contribution in [2.75, 3.05) is 5.32 Å². The molecule has 0 atom stereocenters. The lowest BCUT2D eigenvalue weighted by Gasteiger charge is -2.21. The highest BCUT2D eigenvalue weighted by Gasteiger charge is 2.43. The smallest absolute Gasteiger partial charge is 0.252 e. The van der Waals surface area contributed by atoms with Crippen LogP contribution in [-0.4, -0.2) is 17.2 Å². The van der Waals surface area contributed by atoms with Crippen molar-refractivity contribution in [1.82, 2.24) is 0 Å². The number of rotatable bonds is 1. The molecule has 1 N–H and O–H groups in total. The van der Waals surface area contributed by atoms with Crippen LogP contribution in [0.15, 0.2) is 59.6 Å². The first-order chi connectivity index (χ1) is 10.8. The van der Waals surface area contributed by atoms with Gasteiger partial charge in [0.15, 0.2) is 0 Å². The van der Waals surface area contributed by atoms with E-state index in [0.29, 0.717) is 0 Å². The van der Waals surface area contributed by atoms with Crippen molar-refractivity contribution in [3.05, 3.63) is 65.7 Å². The second-order valence-electron chi connectivity index (χ2n) is 6.06. The molecule has 0 radical (unpaired) electrons. The fraction of sp³-hybridized carbons (Fsp3) is 0.263. The van der Waals surface area contributed by atoms with Crippen LogP contribution in [0.4, 0.5) is 5.69 Å². The first-order valence-electron chi connectivity index (χ1n) is 7.85. The number of hydrogen-bond donors (Lipinski definition) is 1. The van der Waals surface area contributed by atoms with E-state index in [9.17, 15) is 4.79 Å². The number of amides is 1. The summed E-state index contributed by atoms with van der Waals surface area (Å²) in [5.41, 5.74) is 3.27. The van der Waals surface area contributed by atoms with Crippen LogP contribution in [0.5, 0.6) is 0 Å². The zero-order valence-electron chi connectivity index (χ0n) is 12.4. The number of para-hydroxylation sites is 1. The second-order valence-corrected chi connectivity index (χ2v) is 6.06. The Morgan fingerprint density at radius 2 is 1.59 bits per heavy atom. The van der Waals surface area contributed by atoms with Gasteiger partial charge in [-0.2, -0.15) is 0 Å². The van der Waals surface area contributed by atoms with E-state index < -0.39 is 5.54 Å². The van der Waals surface area contributed by atoms with Gasteiger partial charge in [0.05, 0.1) is 11.4 Å². The molecule has 22 heavy (non-hydrogen) atoms. The molecular weight excluding hydrogens is 272 g/mol. The number of carbonyl (C=O) groups is 1. The molecule has 1 amide bonds. The predicted octanol–water partition coefficient (Wildman–Crippen LogP) is 3.79. The molecule has 1 fully saturated rings. The lowest BCUT2D eigenvalue weighted by atomic mass is 9.96. The fourth-order valence-corrected chi connectivity index (χ4v) is 3.48. The number of anilines is 1. The van der Waals surface area contributed by atoms with Crippen LogP contribution in [0.2, 0.25) is 0 Å². The number of nitrogens with zero attached hydrogens (tertiary/aromatic N) is 1. The predicted molar refractivity (Wildman–Crippen MR) is 88.4 cm³/mol. The van der Waals surface area contributed by atoms with Crippen molar-refractivity contribution in [3.8, 4) is 0 Å². The molecule has 1 heterocycles. The third kappa shape index (κ3) is 2.05. The van der Waals surface area contributed by atoms with Crippen molar-refractivity contribution >= 4 is 17.3 Å². The summed E-state index contributed by atoms with van der Waals surface area (Å²) in [7, 11) is 0. The Hall–Kier alpha value is -2.42. The third-order valence-electron chi connectivity index (χ3n) is 4.66. The minimum atomic E-state index is -0.593. The molecule has 0 bridgehead atoms. The van der Waals surface area contributed by atoms with Crippen LogP contribution in [-0.2, 0) is 4.79 Å². The Morgan fingerprint density at radius 3 is 2.36 bits per heavy atom. The Morgan fingerprint density at radius 1 is 0.909 bits per heavy atom. The van der Waals surface area contributed by atoms with E-state index in [1.54, 1.807) is 0 Å². The molecular formula is C19H18N2O. The number of fused-ring (bicyclic) bond motifs is 1. The topological polar surface area (TPSA) is 41.5 Å². The monoisotopic (exact) mass is 290 g/mol. The molecule has 110 valence electrons. The Labute approximate surface area is 130 Å². The molecule has 1 saturated carbocycles. The van der Waals surface area contributed by atoms with Gasteiger partial charge in [0, 0.05) is 11.1 Å². The molecule has 1 aliphatic carbocycles. The maximum absolute atomic E-state index is 12.8. The van der Waals surface area contributed by atoms with E-state index in [1.807, 2.05) is 42.5 Å². The maximum Gasteiger partial charge on any atom is 0.252 e. The SMILES string of the molecule is O=C1Nc2ccccc2C(c2ccccc2)=NC12CCCC2. The fourth-order valence-electron chi connectivity index (χ4n) is 3.48. The van der Waals surface area contributed by atoms with Crippen molar-refractivity contribution in [2.45, 2.75) is 31.2 Å². The number of carbonyl (C=O) groups excluding carboxylic acids is 1. The van der Waals surface area contributed by atoms with Gasteiger partial charge in [-0.1, -0.05) is 61.4 Å². The van der Waals surface area contributed by atoms with Crippen LogP contribution in [0, 0.1) is 0 Å². The van der Waals surface area contributed by atoms with E-state index in [2.05, 4.69) is 17.4 Å². The lowest BCUT2D eigenvalue weighted by Crippen LogP contribution is -2.38. The second kappa shape index (κ2) is 5.09. The zero-order chi connectivity index (χ0) is 15.0. The summed E-state index contributed by atoms with van der Waals surface area (Å²) in [6.45, 7) is 0. The molecule has 3 nitrogen and oxygen atoms in total. The van der Waals surface area contributed by atoms with E-state index in [-0.39, 0.29) is 5.91 Å². The van der Waals surface area contributed by atoms with Crippen molar-refractivity contribution < 1.29 is 4.79 Å². The highest BCUT2D eigenvalue weighted by atomic mass is 16.2. The lowest BCUT2D eigenvalue weighted by molar-refractivity contribution is -0.120. The van der Waals surface area contributed by atoms with E-state index >= 15 is 0 Å². The van der Waals surface area contributed by atoms with Crippen LogP contribution in [0.1, 0.15) is 36.8 Å². The summed E-state index contributed by atoms with van der Waals surface area (Å²) < 4.78 is 0. The summed E-state index contributed by atoms with van der Waals surface area (Å²) >= 11 is 0. The van der Waals surface area contributed by atoms with E-state index in [4.69, 9.17) is 4.99 Å².